The number of benzene rings is 2. The van der Waals surface area contributed by atoms with Crippen molar-refractivity contribution < 1.29 is 9.13 Å². The Kier molecular flexibility index (Phi) is 5.86. The van der Waals surface area contributed by atoms with Crippen LogP contribution >= 0.6 is 0 Å². The smallest absolute Gasteiger partial charge is 0.136 e. The van der Waals surface area contributed by atoms with Crippen LogP contribution in [0.3, 0.4) is 0 Å². The van der Waals surface area contributed by atoms with Gasteiger partial charge in [0.2, 0.25) is 0 Å². The summed E-state index contributed by atoms with van der Waals surface area (Å²) in [4.78, 5) is 4.13. The molecule has 0 aliphatic rings. The number of rotatable bonds is 7. The minimum atomic E-state index is -0.362. The van der Waals surface area contributed by atoms with Crippen LogP contribution in [-0.2, 0) is 13.1 Å². The van der Waals surface area contributed by atoms with Crippen molar-refractivity contribution in [2.45, 2.75) is 20.0 Å². The third-order valence-corrected chi connectivity index (χ3v) is 5.01. The molecule has 2 aromatic carbocycles. The van der Waals surface area contributed by atoms with E-state index in [0.29, 0.717) is 30.1 Å². The number of ether oxygens (including phenoxy) is 1. The number of nitrogens with one attached hydrogen (secondary N) is 1. The fourth-order valence-corrected chi connectivity index (χ4v) is 3.33. The van der Waals surface area contributed by atoms with Gasteiger partial charge in [-0.2, -0.15) is 5.10 Å². The third kappa shape index (κ3) is 4.23. The zero-order valence-corrected chi connectivity index (χ0v) is 17.0. The Morgan fingerprint density at radius 2 is 1.83 bits per heavy atom. The van der Waals surface area contributed by atoms with Crippen LogP contribution in [0.1, 0.15) is 16.7 Å². The largest absolute Gasteiger partial charge is 0.497 e. The highest BCUT2D eigenvalue weighted by Gasteiger charge is 2.16. The minimum Gasteiger partial charge on any atom is -0.497 e. The molecule has 0 aliphatic carbocycles. The van der Waals surface area contributed by atoms with E-state index in [0.717, 1.165) is 16.8 Å². The molecule has 152 valence electrons. The number of aryl methyl sites for hydroxylation is 1. The molecular weight excluding hydrogens is 379 g/mol. The van der Waals surface area contributed by atoms with Gasteiger partial charge in [0.15, 0.2) is 0 Å². The maximum absolute atomic E-state index is 14.8. The monoisotopic (exact) mass is 402 g/mol. The van der Waals surface area contributed by atoms with Crippen molar-refractivity contribution in [3.8, 4) is 22.7 Å². The first-order valence-electron chi connectivity index (χ1n) is 9.74. The maximum Gasteiger partial charge on any atom is 0.136 e. The molecule has 2 aromatic heterocycles. The minimum absolute atomic E-state index is 0.362. The van der Waals surface area contributed by atoms with Crippen LogP contribution in [0.4, 0.5) is 4.39 Å². The van der Waals surface area contributed by atoms with Crippen LogP contribution in [0.25, 0.3) is 16.9 Å². The Balaban J connectivity index is 1.65. The highest BCUT2D eigenvalue weighted by Crippen LogP contribution is 2.29. The number of halogens is 1. The standard InChI is InChI=1S/C24H23FN4O/c1-17-13-26-11-10-18(17)14-27-15-19-16-29(20-6-4-3-5-7-20)28-24(19)22-9-8-21(30-2)12-23(22)25/h3-13,16,27H,14-15H2,1-2H3. The van der Waals surface area contributed by atoms with Gasteiger partial charge >= 0.3 is 0 Å². The predicted molar refractivity (Wildman–Crippen MR) is 115 cm³/mol. The Hall–Kier alpha value is -3.51. The van der Waals surface area contributed by atoms with Gasteiger partial charge in [0.1, 0.15) is 17.3 Å². The van der Waals surface area contributed by atoms with Crippen molar-refractivity contribution in [3.63, 3.8) is 0 Å². The van der Waals surface area contributed by atoms with Crippen molar-refractivity contribution in [3.05, 3.63) is 95.7 Å². The first kappa shape index (κ1) is 19.8. The van der Waals surface area contributed by atoms with E-state index in [-0.39, 0.29) is 5.82 Å². The zero-order valence-electron chi connectivity index (χ0n) is 17.0. The second-order valence-corrected chi connectivity index (χ2v) is 7.03. The van der Waals surface area contributed by atoms with Crippen molar-refractivity contribution in [2.24, 2.45) is 0 Å². The van der Waals surface area contributed by atoms with E-state index >= 15 is 0 Å². The lowest BCUT2D eigenvalue weighted by atomic mass is 10.1. The molecule has 4 rings (SSSR count). The van der Waals surface area contributed by atoms with E-state index in [1.165, 1.54) is 18.7 Å². The summed E-state index contributed by atoms with van der Waals surface area (Å²) in [5, 5.41) is 8.14. The fraction of sp³-hybridized carbons (Fsp3) is 0.167. The van der Waals surface area contributed by atoms with Gasteiger partial charge in [0, 0.05) is 48.9 Å². The number of aromatic nitrogens is 3. The van der Waals surface area contributed by atoms with Crippen LogP contribution in [0.5, 0.6) is 5.75 Å². The quantitative estimate of drug-likeness (QED) is 0.488. The second kappa shape index (κ2) is 8.88. The van der Waals surface area contributed by atoms with E-state index in [4.69, 9.17) is 9.84 Å². The molecule has 4 aromatic rings. The lowest BCUT2D eigenvalue weighted by molar-refractivity contribution is 0.411. The molecule has 0 unspecified atom stereocenters. The number of methoxy groups -OCH3 is 1. The SMILES string of the molecule is COc1ccc(-c2nn(-c3ccccc3)cc2CNCc2ccncc2C)c(F)c1. The summed E-state index contributed by atoms with van der Waals surface area (Å²) in [5.41, 5.74) is 5.20. The lowest BCUT2D eigenvalue weighted by Crippen LogP contribution is -2.14. The molecule has 1 N–H and O–H groups in total. The number of para-hydroxylation sites is 1. The number of hydrogen-bond donors (Lipinski definition) is 1. The lowest BCUT2D eigenvalue weighted by Gasteiger charge is -2.08. The van der Waals surface area contributed by atoms with Crippen molar-refractivity contribution in [1.82, 2.24) is 20.1 Å². The van der Waals surface area contributed by atoms with Gasteiger partial charge in [-0.1, -0.05) is 18.2 Å². The Morgan fingerprint density at radius 3 is 2.57 bits per heavy atom. The normalized spacial score (nSPS) is 10.9. The van der Waals surface area contributed by atoms with Crippen LogP contribution in [0.15, 0.2) is 73.2 Å². The van der Waals surface area contributed by atoms with E-state index < -0.39 is 0 Å². The summed E-state index contributed by atoms with van der Waals surface area (Å²) in [6.07, 6.45) is 5.58. The fourth-order valence-electron chi connectivity index (χ4n) is 3.33. The van der Waals surface area contributed by atoms with Crippen molar-refractivity contribution >= 4 is 0 Å². The summed E-state index contributed by atoms with van der Waals surface area (Å²) >= 11 is 0. The van der Waals surface area contributed by atoms with Gasteiger partial charge in [-0.25, -0.2) is 9.07 Å². The zero-order chi connectivity index (χ0) is 20.9. The van der Waals surface area contributed by atoms with Gasteiger partial charge in [-0.3, -0.25) is 4.98 Å². The van der Waals surface area contributed by atoms with Gasteiger partial charge in [0.25, 0.3) is 0 Å². The maximum atomic E-state index is 14.8. The molecule has 0 amide bonds. The van der Waals surface area contributed by atoms with Crippen molar-refractivity contribution in [2.75, 3.05) is 7.11 Å². The molecule has 30 heavy (non-hydrogen) atoms. The molecule has 0 saturated heterocycles. The summed E-state index contributed by atoms with van der Waals surface area (Å²) in [5.74, 6) is 0.116. The van der Waals surface area contributed by atoms with E-state index in [1.54, 1.807) is 23.0 Å². The summed E-state index contributed by atoms with van der Waals surface area (Å²) in [6.45, 7) is 3.28. The topological polar surface area (TPSA) is 52.0 Å². The molecule has 0 aliphatic heterocycles. The van der Waals surface area contributed by atoms with Crippen LogP contribution in [0, 0.1) is 12.7 Å². The Bertz CT molecular complexity index is 1140. The average molecular weight is 402 g/mol. The van der Waals surface area contributed by atoms with Crippen LogP contribution < -0.4 is 10.1 Å². The predicted octanol–water partition coefficient (Wildman–Crippen LogP) is 4.68. The van der Waals surface area contributed by atoms with Crippen LogP contribution in [-0.4, -0.2) is 21.9 Å². The molecule has 6 heteroatoms. The molecule has 0 spiro atoms. The van der Waals surface area contributed by atoms with E-state index in [9.17, 15) is 4.39 Å². The number of hydrogen-bond acceptors (Lipinski definition) is 4. The molecule has 5 nitrogen and oxygen atoms in total. The number of pyridine rings is 1. The Morgan fingerprint density at radius 1 is 1.03 bits per heavy atom. The molecule has 0 atom stereocenters. The van der Waals surface area contributed by atoms with Crippen LogP contribution in [0.2, 0.25) is 0 Å². The van der Waals surface area contributed by atoms with Gasteiger partial charge in [-0.05, 0) is 48.4 Å². The first-order chi connectivity index (χ1) is 14.7. The summed E-state index contributed by atoms with van der Waals surface area (Å²) in [7, 11) is 1.52. The average Bonchev–Trinajstić information content (AvgIpc) is 3.19. The molecular formula is C24H23FN4O. The Labute approximate surface area is 175 Å². The highest BCUT2D eigenvalue weighted by molar-refractivity contribution is 5.65. The number of nitrogens with zero attached hydrogens (tertiary/aromatic N) is 3. The van der Waals surface area contributed by atoms with Gasteiger partial charge in [0.05, 0.1) is 12.8 Å². The van der Waals surface area contributed by atoms with E-state index in [1.807, 2.05) is 55.7 Å². The molecule has 2 heterocycles. The molecule has 0 radical (unpaired) electrons. The highest BCUT2D eigenvalue weighted by atomic mass is 19.1. The van der Waals surface area contributed by atoms with Gasteiger partial charge in [-0.15, -0.1) is 0 Å². The van der Waals surface area contributed by atoms with E-state index in [2.05, 4.69) is 10.3 Å². The first-order valence-corrected chi connectivity index (χ1v) is 9.74. The van der Waals surface area contributed by atoms with Crippen molar-refractivity contribution in [1.29, 1.82) is 0 Å². The van der Waals surface area contributed by atoms with Gasteiger partial charge < -0.3 is 10.1 Å². The molecule has 0 saturated carbocycles. The summed E-state index contributed by atoms with van der Waals surface area (Å²) < 4.78 is 21.7. The molecule has 0 bridgehead atoms. The summed E-state index contributed by atoms with van der Waals surface area (Å²) in [6, 6.07) is 16.6. The second-order valence-electron chi connectivity index (χ2n) is 7.03. The molecule has 0 fully saturated rings. The third-order valence-electron chi connectivity index (χ3n) is 5.01.